The van der Waals surface area contributed by atoms with Crippen LogP contribution in [0.25, 0.3) is 16.7 Å². The fourth-order valence-electron chi connectivity index (χ4n) is 2.05. The zero-order chi connectivity index (χ0) is 15.9. The summed E-state index contributed by atoms with van der Waals surface area (Å²) in [5, 5.41) is 16.2. The first-order valence-electron chi connectivity index (χ1n) is 6.40. The van der Waals surface area contributed by atoms with Crippen LogP contribution in [0.2, 0.25) is 0 Å². The predicted octanol–water partition coefficient (Wildman–Crippen LogP) is 2.77. The van der Waals surface area contributed by atoms with Crippen molar-refractivity contribution in [3.8, 4) is 0 Å². The van der Waals surface area contributed by atoms with Gasteiger partial charge >= 0.3 is 6.18 Å². The molecule has 0 bridgehead atoms. The van der Waals surface area contributed by atoms with Crippen LogP contribution in [0.1, 0.15) is 12.7 Å². The summed E-state index contributed by atoms with van der Waals surface area (Å²) in [6.07, 6.45) is -4.62. The van der Waals surface area contributed by atoms with Crippen LogP contribution in [0.3, 0.4) is 0 Å². The number of aliphatic hydroxyl groups excluding tert-OH is 1. The molecule has 1 atom stereocenters. The highest BCUT2D eigenvalue weighted by atomic mass is 32.2. The summed E-state index contributed by atoms with van der Waals surface area (Å²) in [5.74, 6) is -1.08. The Labute approximate surface area is 127 Å². The molecule has 22 heavy (non-hydrogen) atoms. The quantitative estimate of drug-likeness (QED) is 0.749. The van der Waals surface area contributed by atoms with Crippen LogP contribution >= 0.6 is 11.8 Å². The molecule has 0 aliphatic carbocycles. The van der Waals surface area contributed by atoms with Crippen molar-refractivity contribution >= 4 is 28.4 Å². The number of fused-ring (bicyclic) bond motifs is 3. The van der Waals surface area contributed by atoms with E-state index in [2.05, 4.69) is 15.2 Å². The third-order valence-electron chi connectivity index (χ3n) is 3.02. The normalized spacial score (nSPS) is 13.9. The maximum absolute atomic E-state index is 13.1. The van der Waals surface area contributed by atoms with E-state index in [9.17, 15) is 13.2 Å². The summed E-state index contributed by atoms with van der Waals surface area (Å²) in [7, 11) is 0. The topological polar surface area (TPSA) is 63.3 Å². The van der Waals surface area contributed by atoms with Crippen molar-refractivity contribution < 1.29 is 18.3 Å². The summed E-state index contributed by atoms with van der Waals surface area (Å²) in [6, 6.07) is 6.50. The lowest BCUT2D eigenvalue weighted by molar-refractivity contribution is -0.145. The number of aliphatic hydroxyl groups is 1. The van der Waals surface area contributed by atoms with Gasteiger partial charge in [0.1, 0.15) is 5.03 Å². The second kappa shape index (κ2) is 5.40. The highest BCUT2D eigenvalue weighted by molar-refractivity contribution is 8.00. The molecule has 2 aromatic heterocycles. The Morgan fingerprint density at radius 3 is 2.68 bits per heavy atom. The van der Waals surface area contributed by atoms with Gasteiger partial charge in [0.2, 0.25) is 5.82 Å². The predicted molar refractivity (Wildman–Crippen MR) is 75.7 cm³/mol. The van der Waals surface area contributed by atoms with Crippen LogP contribution in [-0.4, -0.2) is 36.5 Å². The Hall–Kier alpha value is -1.87. The van der Waals surface area contributed by atoms with Crippen molar-refractivity contribution in [1.29, 1.82) is 0 Å². The smallest absolute Gasteiger partial charge is 0.395 e. The van der Waals surface area contributed by atoms with E-state index in [4.69, 9.17) is 5.11 Å². The Morgan fingerprint density at radius 1 is 1.27 bits per heavy atom. The summed E-state index contributed by atoms with van der Waals surface area (Å²) in [4.78, 5) is 4.35. The van der Waals surface area contributed by atoms with Gasteiger partial charge in [-0.3, -0.25) is 4.40 Å². The van der Waals surface area contributed by atoms with Gasteiger partial charge in [0.25, 0.3) is 0 Å². The molecule has 1 aromatic carbocycles. The minimum absolute atomic E-state index is 0.0383. The van der Waals surface area contributed by atoms with Crippen molar-refractivity contribution in [2.24, 2.45) is 0 Å². The minimum Gasteiger partial charge on any atom is -0.395 e. The molecule has 0 saturated heterocycles. The minimum atomic E-state index is -4.62. The summed E-state index contributed by atoms with van der Waals surface area (Å²) < 4.78 is 40.4. The summed E-state index contributed by atoms with van der Waals surface area (Å²) in [5.41, 5.74) is 0.736. The molecule has 0 amide bonds. The molecule has 0 saturated carbocycles. The molecule has 0 radical (unpaired) electrons. The number of nitrogens with zero attached hydrogens (tertiary/aromatic N) is 4. The molecular weight excluding hydrogens is 317 g/mol. The molecule has 0 fully saturated rings. The number of halogens is 3. The average Bonchev–Trinajstić information content (AvgIpc) is 2.92. The Kier molecular flexibility index (Phi) is 3.69. The van der Waals surface area contributed by atoms with Crippen molar-refractivity contribution in [2.75, 3.05) is 6.61 Å². The fraction of sp³-hybridized carbons (Fsp3) is 0.308. The van der Waals surface area contributed by atoms with Crippen LogP contribution in [0, 0.1) is 0 Å². The van der Waals surface area contributed by atoms with E-state index in [-0.39, 0.29) is 23.0 Å². The number of hydrogen-bond acceptors (Lipinski definition) is 5. The Balaban J connectivity index is 2.35. The monoisotopic (exact) mass is 328 g/mol. The first kappa shape index (κ1) is 15.0. The van der Waals surface area contributed by atoms with E-state index in [1.807, 2.05) is 0 Å². The Bertz CT molecular complexity index is 833. The number of aromatic nitrogens is 4. The molecule has 1 N–H and O–H groups in total. The lowest BCUT2D eigenvalue weighted by Crippen LogP contribution is -2.12. The lowest BCUT2D eigenvalue weighted by Gasteiger charge is -2.11. The molecule has 3 aromatic rings. The highest BCUT2D eigenvalue weighted by Gasteiger charge is 2.38. The molecule has 0 aliphatic rings. The van der Waals surface area contributed by atoms with Gasteiger partial charge in [0.15, 0.2) is 5.65 Å². The number of thioether (sulfide) groups is 1. The molecular formula is C13H11F3N4OS. The molecule has 9 heteroatoms. The van der Waals surface area contributed by atoms with E-state index < -0.39 is 12.0 Å². The van der Waals surface area contributed by atoms with Gasteiger partial charge in [-0.25, -0.2) is 4.98 Å². The first-order chi connectivity index (χ1) is 10.4. The zero-order valence-corrected chi connectivity index (χ0v) is 12.2. The average molecular weight is 328 g/mol. The van der Waals surface area contributed by atoms with Crippen LogP contribution in [0.5, 0.6) is 0 Å². The number of para-hydroxylation sites is 2. The van der Waals surface area contributed by atoms with Gasteiger partial charge in [-0.2, -0.15) is 13.2 Å². The van der Waals surface area contributed by atoms with Gasteiger partial charge in [-0.05, 0) is 12.1 Å². The largest absolute Gasteiger partial charge is 0.452 e. The fourth-order valence-corrected chi connectivity index (χ4v) is 2.89. The van der Waals surface area contributed by atoms with Crippen molar-refractivity contribution in [1.82, 2.24) is 19.6 Å². The second-order valence-electron chi connectivity index (χ2n) is 4.70. The van der Waals surface area contributed by atoms with Gasteiger partial charge in [0.05, 0.1) is 17.6 Å². The lowest BCUT2D eigenvalue weighted by atomic mass is 10.3. The zero-order valence-electron chi connectivity index (χ0n) is 11.4. The maximum Gasteiger partial charge on any atom is 0.452 e. The van der Waals surface area contributed by atoms with Crippen LogP contribution in [0.4, 0.5) is 13.2 Å². The first-order valence-corrected chi connectivity index (χ1v) is 7.28. The van der Waals surface area contributed by atoms with Crippen molar-refractivity contribution in [3.63, 3.8) is 0 Å². The Morgan fingerprint density at radius 2 is 2.00 bits per heavy atom. The highest BCUT2D eigenvalue weighted by Crippen LogP contribution is 2.33. The van der Waals surface area contributed by atoms with Crippen molar-refractivity contribution in [3.05, 3.63) is 30.1 Å². The molecule has 0 spiro atoms. The van der Waals surface area contributed by atoms with Crippen LogP contribution < -0.4 is 0 Å². The molecule has 5 nitrogen and oxygen atoms in total. The molecule has 3 rings (SSSR count). The standard InChI is InChI=1S/C13H11F3N4OS/c1-7(6-21)22-11-10-18-19-12(13(14,15)16)20(10)9-5-3-2-4-8(9)17-11/h2-5,7,21H,6H2,1H3. The number of hydrogen-bond donors (Lipinski definition) is 1. The van der Waals surface area contributed by atoms with E-state index in [1.54, 1.807) is 25.1 Å². The van der Waals surface area contributed by atoms with E-state index in [1.165, 1.54) is 6.07 Å². The third-order valence-corrected chi connectivity index (χ3v) is 4.07. The second-order valence-corrected chi connectivity index (χ2v) is 6.12. The van der Waals surface area contributed by atoms with E-state index >= 15 is 0 Å². The maximum atomic E-state index is 13.1. The molecule has 116 valence electrons. The summed E-state index contributed by atoms with van der Waals surface area (Å²) in [6.45, 7) is 1.63. The summed E-state index contributed by atoms with van der Waals surface area (Å²) >= 11 is 1.16. The van der Waals surface area contributed by atoms with Crippen LogP contribution in [-0.2, 0) is 6.18 Å². The molecule has 0 aliphatic heterocycles. The number of alkyl halides is 3. The van der Waals surface area contributed by atoms with Crippen molar-refractivity contribution in [2.45, 2.75) is 23.4 Å². The van der Waals surface area contributed by atoms with Gasteiger partial charge < -0.3 is 5.11 Å². The van der Waals surface area contributed by atoms with E-state index in [0.29, 0.717) is 10.5 Å². The third kappa shape index (κ3) is 2.50. The molecule has 1 unspecified atom stereocenters. The van der Waals surface area contributed by atoms with Crippen LogP contribution in [0.15, 0.2) is 29.3 Å². The van der Waals surface area contributed by atoms with Gasteiger partial charge in [-0.1, -0.05) is 30.8 Å². The number of benzene rings is 1. The SMILES string of the molecule is CC(CO)Sc1nc2ccccc2n2c(C(F)(F)F)nnc12. The van der Waals surface area contributed by atoms with Gasteiger partial charge in [-0.15, -0.1) is 10.2 Å². The number of rotatable bonds is 3. The molecule has 2 heterocycles. The van der Waals surface area contributed by atoms with E-state index in [0.717, 1.165) is 16.2 Å². The van der Waals surface area contributed by atoms with Gasteiger partial charge in [0, 0.05) is 5.25 Å².